The maximum Gasteiger partial charge on any atom is 0.435 e. The molecule has 0 fully saturated rings. The van der Waals surface area contributed by atoms with E-state index in [9.17, 15) is 14.6 Å². The van der Waals surface area contributed by atoms with Crippen LogP contribution in [-0.2, 0) is 29.7 Å². The molecule has 176 valence electrons. The Bertz CT molecular complexity index is 990. The monoisotopic (exact) mass is 470 g/mol. The van der Waals surface area contributed by atoms with E-state index >= 15 is 0 Å². The predicted molar refractivity (Wildman–Crippen MR) is 128 cm³/mol. The molecule has 0 bridgehead atoms. The van der Waals surface area contributed by atoms with Crippen molar-refractivity contribution in [2.75, 3.05) is 19.8 Å². The van der Waals surface area contributed by atoms with Crippen molar-refractivity contribution in [1.29, 1.82) is 5.26 Å². The van der Waals surface area contributed by atoms with Crippen molar-refractivity contribution in [3.63, 3.8) is 0 Å². The highest BCUT2D eigenvalue weighted by atomic mass is 31.2. The summed E-state index contributed by atoms with van der Waals surface area (Å²) in [5.41, 5.74) is 1.22. The van der Waals surface area contributed by atoms with E-state index in [0.717, 1.165) is 5.56 Å². The summed E-state index contributed by atoms with van der Waals surface area (Å²) in [7, 11) is -3.96. The summed E-state index contributed by atoms with van der Waals surface area (Å²) in [5, 5.41) is 9.98. The van der Waals surface area contributed by atoms with Gasteiger partial charge in [-0.2, -0.15) is 5.26 Å². The number of benzene rings is 2. The van der Waals surface area contributed by atoms with Crippen LogP contribution in [0.15, 0.2) is 66.2 Å². The fraction of sp³-hybridized carbons (Fsp3) is 0.360. The Kier molecular flexibility index (Phi) is 10.9. The van der Waals surface area contributed by atoms with Crippen LogP contribution in [0.1, 0.15) is 44.7 Å². The van der Waals surface area contributed by atoms with Gasteiger partial charge in [0.05, 0.1) is 32.1 Å². The number of esters is 1. The standard InChI is InChI=1S/C25H31N2O5P/c1-4-17-31-33(29,32-18-5-2)27(20-21-13-9-7-10-14-21)24(22-15-11-8-12-16-22)23(19-26)25(28)30-6-3/h7-16H,4-6,17-18,20H2,1-3H3. The van der Waals surface area contributed by atoms with E-state index in [1.807, 2.05) is 56.3 Å². The molecule has 2 rings (SSSR count). The van der Waals surface area contributed by atoms with Crippen molar-refractivity contribution >= 4 is 19.4 Å². The molecule has 0 N–H and O–H groups in total. The van der Waals surface area contributed by atoms with Crippen molar-refractivity contribution in [2.24, 2.45) is 0 Å². The lowest BCUT2D eigenvalue weighted by molar-refractivity contribution is -0.138. The highest BCUT2D eigenvalue weighted by molar-refractivity contribution is 7.51. The predicted octanol–water partition coefficient (Wildman–Crippen LogP) is 5.95. The highest BCUT2D eigenvalue weighted by Gasteiger charge is 2.38. The molecule has 0 aliphatic rings. The lowest BCUT2D eigenvalue weighted by Gasteiger charge is -2.34. The fourth-order valence-corrected chi connectivity index (χ4v) is 5.03. The van der Waals surface area contributed by atoms with E-state index in [1.165, 1.54) is 4.67 Å². The van der Waals surface area contributed by atoms with Gasteiger partial charge < -0.3 is 4.74 Å². The Morgan fingerprint density at radius 2 is 1.48 bits per heavy atom. The van der Waals surface area contributed by atoms with Crippen LogP contribution in [0.3, 0.4) is 0 Å². The van der Waals surface area contributed by atoms with Crippen LogP contribution in [0.2, 0.25) is 0 Å². The zero-order chi connectivity index (χ0) is 24.1. The summed E-state index contributed by atoms with van der Waals surface area (Å²) in [5.74, 6) is -0.797. The second-order valence-corrected chi connectivity index (χ2v) is 9.04. The van der Waals surface area contributed by atoms with E-state index in [0.29, 0.717) is 18.4 Å². The van der Waals surface area contributed by atoms with Crippen LogP contribution in [0.25, 0.3) is 5.70 Å². The third-order valence-electron chi connectivity index (χ3n) is 4.52. The first-order valence-corrected chi connectivity index (χ1v) is 12.6. The van der Waals surface area contributed by atoms with Crippen LogP contribution in [0.4, 0.5) is 0 Å². The molecular formula is C25H31N2O5P. The molecule has 0 aliphatic heterocycles. The van der Waals surface area contributed by atoms with Crippen molar-refractivity contribution in [2.45, 2.75) is 40.2 Å². The number of carbonyl (C=O) groups is 1. The highest BCUT2D eigenvalue weighted by Crippen LogP contribution is 2.57. The number of nitrogens with zero attached hydrogens (tertiary/aromatic N) is 2. The van der Waals surface area contributed by atoms with E-state index in [2.05, 4.69) is 0 Å². The van der Waals surface area contributed by atoms with Crippen molar-refractivity contribution in [3.05, 3.63) is 77.4 Å². The summed E-state index contributed by atoms with van der Waals surface area (Å²) in [6, 6.07) is 20.2. The molecule has 0 aromatic heterocycles. The maximum absolute atomic E-state index is 14.2. The van der Waals surface area contributed by atoms with Gasteiger partial charge in [0.1, 0.15) is 6.07 Å². The largest absolute Gasteiger partial charge is 0.462 e. The molecule has 0 heterocycles. The van der Waals surface area contributed by atoms with Crippen LogP contribution >= 0.6 is 7.75 Å². The number of hydrogen-bond acceptors (Lipinski definition) is 6. The third kappa shape index (κ3) is 7.30. The Morgan fingerprint density at radius 1 is 0.939 bits per heavy atom. The fourth-order valence-electron chi connectivity index (χ4n) is 3.05. The van der Waals surface area contributed by atoms with Crippen molar-refractivity contribution in [1.82, 2.24) is 4.67 Å². The Morgan fingerprint density at radius 3 is 1.97 bits per heavy atom. The Balaban J connectivity index is 2.80. The molecule has 7 nitrogen and oxygen atoms in total. The molecule has 2 aromatic rings. The lowest BCUT2D eigenvalue weighted by Crippen LogP contribution is -2.25. The molecule has 0 unspecified atom stereocenters. The first kappa shape index (κ1) is 26.3. The van der Waals surface area contributed by atoms with Gasteiger partial charge in [-0.15, -0.1) is 0 Å². The van der Waals surface area contributed by atoms with E-state index in [4.69, 9.17) is 13.8 Å². The molecule has 0 aliphatic carbocycles. The molecule has 0 amide bonds. The van der Waals surface area contributed by atoms with Gasteiger partial charge in [-0.3, -0.25) is 13.7 Å². The Hall–Kier alpha value is -2.91. The SMILES string of the molecule is CCCOP(=O)(OCCC)N(Cc1ccccc1)C(=C(C#N)C(=O)OCC)c1ccccc1. The Labute approximate surface area is 196 Å². The van der Waals surface area contributed by atoms with E-state index < -0.39 is 13.7 Å². The summed E-state index contributed by atoms with van der Waals surface area (Å²) < 4.78 is 32.4. The van der Waals surface area contributed by atoms with Crippen LogP contribution in [-0.4, -0.2) is 30.5 Å². The minimum Gasteiger partial charge on any atom is -0.462 e. The maximum atomic E-state index is 14.2. The second kappa shape index (κ2) is 13.6. The number of nitriles is 1. The first-order chi connectivity index (χ1) is 16.0. The summed E-state index contributed by atoms with van der Waals surface area (Å²) in [4.78, 5) is 12.8. The second-order valence-electron chi connectivity index (χ2n) is 7.10. The number of rotatable bonds is 13. The van der Waals surface area contributed by atoms with Gasteiger partial charge in [-0.25, -0.2) is 9.36 Å². The van der Waals surface area contributed by atoms with Gasteiger partial charge in [0.25, 0.3) is 0 Å². The van der Waals surface area contributed by atoms with Crippen molar-refractivity contribution < 1.29 is 23.1 Å². The van der Waals surface area contributed by atoms with Gasteiger partial charge in [0, 0.05) is 0 Å². The normalized spacial score (nSPS) is 11.9. The molecule has 2 aromatic carbocycles. The van der Waals surface area contributed by atoms with E-state index in [-0.39, 0.29) is 37.6 Å². The molecule has 0 spiro atoms. The molecule has 0 saturated carbocycles. The average Bonchev–Trinajstić information content (AvgIpc) is 2.85. The quantitative estimate of drug-likeness (QED) is 0.155. The zero-order valence-electron chi connectivity index (χ0n) is 19.4. The molecule has 0 atom stereocenters. The van der Waals surface area contributed by atoms with Crippen LogP contribution in [0.5, 0.6) is 0 Å². The third-order valence-corrected chi connectivity index (χ3v) is 6.47. The minimum atomic E-state index is -3.96. The van der Waals surface area contributed by atoms with Gasteiger partial charge in [0.2, 0.25) is 0 Å². The van der Waals surface area contributed by atoms with Gasteiger partial charge in [-0.05, 0) is 30.9 Å². The first-order valence-electron chi connectivity index (χ1n) is 11.1. The molecule has 8 heteroatoms. The molecule has 0 saturated heterocycles. The summed E-state index contributed by atoms with van der Waals surface area (Å²) in [6.45, 7) is 6.04. The average molecular weight is 471 g/mol. The van der Waals surface area contributed by atoms with E-state index in [1.54, 1.807) is 31.2 Å². The summed E-state index contributed by atoms with van der Waals surface area (Å²) in [6.07, 6.45) is 1.23. The molecular weight excluding hydrogens is 439 g/mol. The zero-order valence-corrected chi connectivity index (χ0v) is 20.3. The lowest BCUT2D eigenvalue weighted by atomic mass is 10.1. The topological polar surface area (TPSA) is 88.9 Å². The van der Waals surface area contributed by atoms with Gasteiger partial charge in [-0.1, -0.05) is 74.5 Å². The van der Waals surface area contributed by atoms with Gasteiger partial charge in [0.15, 0.2) is 5.57 Å². The number of carbonyl (C=O) groups excluding carboxylic acids is 1. The number of hydrogen-bond donors (Lipinski definition) is 0. The van der Waals surface area contributed by atoms with Crippen LogP contribution < -0.4 is 0 Å². The number of ether oxygens (including phenoxy) is 1. The molecule has 33 heavy (non-hydrogen) atoms. The van der Waals surface area contributed by atoms with Gasteiger partial charge >= 0.3 is 13.7 Å². The van der Waals surface area contributed by atoms with Crippen LogP contribution in [0, 0.1) is 11.3 Å². The minimum absolute atomic E-state index is 0.0976. The van der Waals surface area contributed by atoms with Crippen molar-refractivity contribution in [3.8, 4) is 6.07 Å². The molecule has 0 radical (unpaired) electrons. The smallest absolute Gasteiger partial charge is 0.435 e. The summed E-state index contributed by atoms with van der Waals surface area (Å²) >= 11 is 0.